The van der Waals surface area contributed by atoms with Crippen molar-refractivity contribution in [2.45, 2.75) is 19.3 Å². The van der Waals surface area contributed by atoms with E-state index in [4.69, 9.17) is 5.11 Å². The highest BCUT2D eigenvalue weighted by molar-refractivity contribution is 9.13. The van der Waals surface area contributed by atoms with E-state index in [0.717, 1.165) is 45.5 Å². The van der Waals surface area contributed by atoms with Crippen LogP contribution in [0, 0.1) is 5.92 Å². The Kier molecular flexibility index (Phi) is 5.24. The summed E-state index contributed by atoms with van der Waals surface area (Å²) in [6, 6.07) is 1.87. The van der Waals surface area contributed by atoms with Crippen molar-refractivity contribution in [3.05, 3.63) is 19.2 Å². The van der Waals surface area contributed by atoms with Crippen LogP contribution in [0.1, 0.15) is 28.9 Å². The number of carbonyl (C=O) groups excluding carboxylic acids is 1. The van der Waals surface area contributed by atoms with Crippen LogP contribution in [0.3, 0.4) is 0 Å². The number of nitrogens with zero attached hydrogens (tertiary/aromatic N) is 1. The molecule has 6 heteroatoms. The number of carbonyl (C=O) groups is 1. The minimum atomic E-state index is 0.106. The standard InChI is InChI=1S/C12H15Br2NO2S/c13-9-6-10(18-11(9)14)12(17)15-4-1-2-8(7-15)3-5-16/h6,8,16H,1-5,7H2. The summed E-state index contributed by atoms with van der Waals surface area (Å²) in [6.45, 7) is 1.81. The van der Waals surface area contributed by atoms with Crippen LogP contribution < -0.4 is 0 Å². The lowest BCUT2D eigenvalue weighted by atomic mass is 9.95. The summed E-state index contributed by atoms with van der Waals surface area (Å²) >= 11 is 8.28. The van der Waals surface area contributed by atoms with Crippen molar-refractivity contribution in [3.63, 3.8) is 0 Å². The second-order valence-electron chi connectivity index (χ2n) is 4.50. The summed E-state index contributed by atoms with van der Waals surface area (Å²) in [4.78, 5) is 15.0. The van der Waals surface area contributed by atoms with Gasteiger partial charge in [-0.1, -0.05) is 0 Å². The first-order chi connectivity index (χ1) is 8.61. The number of piperidine rings is 1. The molecule has 1 amide bonds. The maximum atomic E-state index is 12.3. The van der Waals surface area contributed by atoms with Gasteiger partial charge in [0, 0.05) is 24.2 Å². The fourth-order valence-electron chi connectivity index (χ4n) is 2.28. The van der Waals surface area contributed by atoms with Crippen LogP contribution in [-0.2, 0) is 0 Å². The van der Waals surface area contributed by atoms with Gasteiger partial charge in [0.05, 0.1) is 8.66 Å². The number of aliphatic hydroxyl groups is 1. The number of amides is 1. The van der Waals surface area contributed by atoms with Crippen molar-refractivity contribution in [3.8, 4) is 0 Å². The van der Waals surface area contributed by atoms with E-state index in [2.05, 4.69) is 31.9 Å². The second-order valence-corrected chi connectivity index (χ2v) is 7.73. The predicted molar refractivity (Wildman–Crippen MR) is 80.0 cm³/mol. The summed E-state index contributed by atoms with van der Waals surface area (Å²) in [5.41, 5.74) is 0. The summed E-state index contributed by atoms with van der Waals surface area (Å²) in [5.74, 6) is 0.550. The van der Waals surface area contributed by atoms with E-state index in [1.807, 2.05) is 11.0 Å². The van der Waals surface area contributed by atoms with Gasteiger partial charge >= 0.3 is 0 Å². The van der Waals surface area contributed by atoms with Crippen LogP contribution in [0.25, 0.3) is 0 Å². The zero-order valence-electron chi connectivity index (χ0n) is 9.86. The third-order valence-corrected chi connectivity index (χ3v) is 6.44. The highest BCUT2D eigenvalue weighted by atomic mass is 79.9. The van der Waals surface area contributed by atoms with Crippen LogP contribution in [0.5, 0.6) is 0 Å². The molecule has 0 saturated carbocycles. The lowest BCUT2D eigenvalue weighted by Gasteiger charge is -2.32. The van der Waals surface area contributed by atoms with Gasteiger partial charge in [0.1, 0.15) is 0 Å². The molecule has 0 radical (unpaired) electrons. The third-order valence-electron chi connectivity index (χ3n) is 3.20. The first kappa shape index (κ1) is 14.5. The van der Waals surface area contributed by atoms with Crippen LogP contribution in [0.2, 0.25) is 0 Å². The Bertz CT molecular complexity index is 414. The van der Waals surface area contributed by atoms with E-state index in [0.29, 0.717) is 5.92 Å². The molecule has 0 aliphatic carbocycles. The monoisotopic (exact) mass is 395 g/mol. The van der Waals surface area contributed by atoms with Crippen LogP contribution in [0.15, 0.2) is 14.3 Å². The van der Waals surface area contributed by atoms with Gasteiger partial charge in [-0.2, -0.15) is 0 Å². The first-order valence-electron chi connectivity index (χ1n) is 5.96. The summed E-state index contributed by atoms with van der Waals surface area (Å²) in [7, 11) is 0. The number of rotatable bonds is 3. The van der Waals surface area contributed by atoms with E-state index in [-0.39, 0.29) is 12.5 Å². The van der Waals surface area contributed by atoms with Crippen molar-refractivity contribution in [2.75, 3.05) is 19.7 Å². The van der Waals surface area contributed by atoms with Gasteiger partial charge in [0.15, 0.2) is 0 Å². The topological polar surface area (TPSA) is 40.5 Å². The number of hydrogen-bond acceptors (Lipinski definition) is 3. The summed E-state index contributed by atoms with van der Waals surface area (Å²) in [6.07, 6.45) is 2.94. The quantitative estimate of drug-likeness (QED) is 0.849. The van der Waals surface area contributed by atoms with Gasteiger partial charge in [-0.05, 0) is 63.1 Å². The Balaban J connectivity index is 2.04. The first-order valence-corrected chi connectivity index (χ1v) is 8.37. The van der Waals surface area contributed by atoms with E-state index in [9.17, 15) is 4.79 Å². The molecular weight excluding hydrogens is 382 g/mol. The Morgan fingerprint density at radius 3 is 2.94 bits per heavy atom. The number of aliphatic hydroxyl groups excluding tert-OH is 1. The van der Waals surface area contributed by atoms with Crippen LogP contribution in [0.4, 0.5) is 0 Å². The van der Waals surface area contributed by atoms with Gasteiger partial charge in [-0.15, -0.1) is 11.3 Å². The molecule has 1 saturated heterocycles. The Hall–Kier alpha value is 0.0900. The van der Waals surface area contributed by atoms with Gasteiger partial charge in [-0.25, -0.2) is 0 Å². The molecule has 0 spiro atoms. The van der Waals surface area contributed by atoms with E-state index in [1.54, 1.807) is 0 Å². The largest absolute Gasteiger partial charge is 0.396 e. The van der Waals surface area contributed by atoms with Gasteiger partial charge in [0.25, 0.3) is 5.91 Å². The van der Waals surface area contributed by atoms with E-state index < -0.39 is 0 Å². The SMILES string of the molecule is O=C(c1cc(Br)c(Br)s1)N1CCCC(CCO)C1. The molecule has 100 valence electrons. The normalized spacial score (nSPS) is 20.2. The third kappa shape index (κ3) is 3.35. The number of thiophene rings is 1. The molecule has 2 heterocycles. The second kappa shape index (κ2) is 6.50. The maximum Gasteiger partial charge on any atom is 0.264 e. The number of likely N-dealkylation sites (tertiary alicyclic amines) is 1. The van der Waals surface area contributed by atoms with Gasteiger partial charge < -0.3 is 10.0 Å². The zero-order chi connectivity index (χ0) is 13.1. The predicted octanol–water partition coefficient (Wildman–Crippen LogP) is 3.51. The Morgan fingerprint density at radius 1 is 1.56 bits per heavy atom. The molecule has 1 fully saturated rings. The van der Waals surface area contributed by atoms with Crippen molar-refractivity contribution >= 4 is 49.1 Å². The number of hydrogen-bond donors (Lipinski definition) is 1. The molecule has 1 atom stereocenters. The molecule has 1 aliphatic rings. The highest BCUT2D eigenvalue weighted by Gasteiger charge is 2.25. The Labute approximate surface area is 127 Å². The number of halogens is 2. The van der Waals surface area contributed by atoms with Crippen molar-refractivity contribution in [1.82, 2.24) is 4.90 Å². The molecule has 2 rings (SSSR count). The molecule has 18 heavy (non-hydrogen) atoms. The average Bonchev–Trinajstić information content (AvgIpc) is 2.69. The molecule has 3 nitrogen and oxygen atoms in total. The fraction of sp³-hybridized carbons (Fsp3) is 0.583. The van der Waals surface area contributed by atoms with Crippen LogP contribution in [-0.4, -0.2) is 35.6 Å². The minimum absolute atomic E-state index is 0.106. The lowest BCUT2D eigenvalue weighted by molar-refractivity contribution is 0.0658. The molecule has 0 bridgehead atoms. The fourth-order valence-corrected chi connectivity index (χ4v) is 4.28. The maximum absolute atomic E-state index is 12.3. The average molecular weight is 397 g/mol. The van der Waals surface area contributed by atoms with Crippen molar-refractivity contribution in [1.29, 1.82) is 0 Å². The molecule has 1 N–H and O–H groups in total. The minimum Gasteiger partial charge on any atom is -0.396 e. The van der Waals surface area contributed by atoms with Gasteiger partial charge in [0.2, 0.25) is 0 Å². The molecular formula is C12H15Br2NO2S. The smallest absolute Gasteiger partial charge is 0.264 e. The highest BCUT2D eigenvalue weighted by Crippen LogP contribution is 2.33. The summed E-state index contributed by atoms with van der Waals surface area (Å²) in [5, 5.41) is 8.99. The van der Waals surface area contributed by atoms with Crippen molar-refractivity contribution in [2.24, 2.45) is 5.92 Å². The molecule has 0 aromatic carbocycles. The lowest BCUT2D eigenvalue weighted by Crippen LogP contribution is -2.39. The molecule has 1 aliphatic heterocycles. The molecule has 1 aromatic heterocycles. The molecule has 1 aromatic rings. The molecule has 1 unspecified atom stereocenters. The summed E-state index contributed by atoms with van der Waals surface area (Å²) < 4.78 is 1.88. The zero-order valence-corrected chi connectivity index (χ0v) is 13.9. The van der Waals surface area contributed by atoms with E-state index >= 15 is 0 Å². The van der Waals surface area contributed by atoms with Gasteiger partial charge in [-0.3, -0.25) is 4.79 Å². The Morgan fingerprint density at radius 2 is 2.33 bits per heavy atom. The van der Waals surface area contributed by atoms with E-state index in [1.165, 1.54) is 11.3 Å². The van der Waals surface area contributed by atoms with Crippen LogP contribution >= 0.6 is 43.2 Å². The van der Waals surface area contributed by atoms with Crippen molar-refractivity contribution < 1.29 is 9.90 Å².